The third-order valence-electron chi connectivity index (χ3n) is 7.30. The summed E-state index contributed by atoms with van der Waals surface area (Å²) in [5, 5.41) is 11.2. The molecule has 0 unspecified atom stereocenters. The van der Waals surface area contributed by atoms with Gasteiger partial charge in [-0.3, -0.25) is 9.97 Å². The molecule has 1 aromatic carbocycles. The van der Waals surface area contributed by atoms with E-state index in [1.165, 1.54) is 22.6 Å². The molecule has 13 heteroatoms. The Bertz CT molecular complexity index is 2170. The molecule has 0 aliphatic rings. The molecular formula is C37H31BrFN9OS. The molecule has 0 aliphatic heterocycles. The standard InChI is InChI=1S/C15H12FN3O.C13H11N3S.C9H8BrN3/c16-13-7-12(2-4-15(13)20)14-3-1-11(8-18-14)9-19-6-5-17-10-19;1-3-11(9-16-7-6-14-10-16)13(15-5-1)12-4-2-8-17-12;10-9-8(2-1-3-12-9)6-13-5-4-11-7-13/h1-8,10,20H,9H2;1-8,10H,9H2;1-5,7H,6H2. The molecule has 0 amide bonds. The molecule has 0 bridgehead atoms. The smallest absolute Gasteiger partial charge is 0.165 e. The molecule has 0 aliphatic carbocycles. The largest absolute Gasteiger partial charge is 0.505 e. The van der Waals surface area contributed by atoms with Gasteiger partial charge in [-0.15, -0.1) is 11.3 Å². The lowest BCUT2D eigenvalue weighted by Gasteiger charge is -2.07. The highest BCUT2D eigenvalue weighted by molar-refractivity contribution is 9.10. The highest BCUT2D eigenvalue weighted by Crippen LogP contribution is 2.26. The van der Waals surface area contributed by atoms with Crippen molar-refractivity contribution in [2.45, 2.75) is 19.6 Å². The summed E-state index contributed by atoms with van der Waals surface area (Å²) in [6.45, 7) is 2.30. The van der Waals surface area contributed by atoms with Crippen molar-refractivity contribution in [1.82, 2.24) is 43.6 Å². The number of aromatic hydroxyl groups is 1. The first-order chi connectivity index (χ1) is 24.5. The van der Waals surface area contributed by atoms with Crippen LogP contribution in [0.2, 0.25) is 0 Å². The van der Waals surface area contributed by atoms with Crippen LogP contribution in [0.1, 0.15) is 16.7 Å². The van der Waals surface area contributed by atoms with Gasteiger partial charge in [0.15, 0.2) is 11.6 Å². The first-order valence-corrected chi connectivity index (χ1v) is 17.1. The third-order valence-corrected chi connectivity index (χ3v) is 8.89. The zero-order chi connectivity index (χ0) is 34.5. The van der Waals surface area contributed by atoms with Crippen molar-refractivity contribution in [2.75, 3.05) is 0 Å². The van der Waals surface area contributed by atoms with Gasteiger partial charge in [-0.25, -0.2) is 24.3 Å². The Morgan fingerprint density at radius 1 is 0.680 bits per heavy atom. The molecule has 8 rings (SSSR count). The second-order valence-electron chi connectivity index (χ2n) is 10.9. The first-order valence-electron chi connectivity index (χ1n) is 15.4. The molecular weight excluding hydrogens is 717 g/mol. The lowest BCUT2D eigenvalue weighted by molar-refractivity contribution is 0.432. The van der Waals surface area contributed by atoms with E-state index in [4.69, 9.17) is 0 Å². The Morgan fingerprint density at radius 2 is 1.34 bits per heavy atom. The number of imidazole rings is 3. The topological polar surface area (TPSA) is 112 Å². The zero-order valence-corrected chi connectivity index (χ0v) is 29.0. The SMILES string of the molecule is Brc1ncccc1Cn1ccnc1.Oc1ccc(-c2ccc(Cn3ccnc3)cn2)cc1F.c1csc(-c2ncccc2Cn2ccnc2)c1. The van der Waals surface area contributed by atoms with E-state index in [1.807, 2.05) is 75.1 Å². The number of hydrogen-bond donors (Lipinski definition) is 1. The van der Waals surface area contributed by atoms with Gasteiger partial charge in [0.1, 0.15) is 4.60 Å². The van der Waals surface area contributed by atoms with Gasteiger partial charge in [0, 0.05) is 73.4 Å². The number of pyridine rings is 3. The molecule has 7 heterocycles. The molecule has 0 spiro atoms. The van der Waals surface area contributed by atoms with Crippen molar-refractivity contribution in [3.05, 3.63) is 174 Å². The van der Waals surface area contributed by atoms with Crippen LogP contribution in [0.25, 0.3) is 21.8 Å². The second kappa shape index (κ2) is 17.0. The number of rotatable bonds is 8. The molecule has 0 fully saturated rings. The molecule has 7 aromatic heterocycles. The molecule has 8 aromatic rings. The van der Waals surface area contributed by atoms with Gasteiger partial charge in [0.25, 0.3) is 0 Å². The summed E-state index contributed by atoms with van der Waals surface area (Å²) < 4.78 is 20.2. The lowest BCUT2D eigenvalue weighted by Crippen LogP contribution is -1.99. The summed E-state index contributed by atoms with van der Waals surface area (Å²) in [4.78, 5) is 26.2. The fourth-order valence-corrected chi connectivity index (χ4v) is 5.97. The second-order valence-corrected chi connectivity index (χ2v) is 12.6. The first kappa shape index (κ1) is 34.1. The zero-order valence-electron chi connectivity index (χ0n) is 26.6. The van der Waals surface area contributed by atoms with Crippen molar-refractivity contribution in [2.24, 2.45) is 0 Å². The minimum absolute atomic E-state index is 0.356. The van der Waals surface area contributed by atoms with Gasteiger partial charge in [-0.05, 0) is 74.9 Å². The number of phenols is 1. The van der Waals surface area contributed by atoms with Crippen LogP contribution >= 0.6 is 27.3 Å². The van der Waals surface area contributed by atoms with Crippen molar-refractivity contribution in [3.63, 3.8) is 0 Å². The maximum Gasteiger partial charge on any atom is 0.165 e. The Morgan fingerprint density at radius 3 is 1.92 bits per heavy atom. The predicted octanol–water partition coefficient (Wildman–Crippen LogP) is 7.98. The van der Waals surface area contributed by atoms with Crippen molar-refractivity contribution in [1.29, 1.82) is 0 Å². The van der Waals surface area contributed by atoms with Crippen LogP contribution in [-0.2, 0) is 19.6 Å². The maximum absolute atomic E-state index is 13.3. The van der Waals surface area contributed by atoms with Gasteiger partial charge in [-0.1, -0.05) is 24.3 Å². The van der Waals surface area contributed by atoms with E-state index in [0.29, 0.717) is 17.8 Å². The summed E-state index contributed by atoms with van der Waals surface area (Å²) in [5.41, 5.74) is 5.77. The number of halogens is 2. The van der Waals surface area contributed by atoms with Crippen LogP contribution in [0.3, 0.4) is 0 Å². The number of nitrogens with zero attached hydrogens (tertiary/aromatic N) is 9. The molecule has 0 saturated heterocycles. The predicted molar refractivity (Wildman–Crippen MR) is 195 cm³/mol. The Hall–Kier alpha value is -5.79. The van der Waals surface area contributed by atoms with Gasteiger partial charge in [0.2, 0.25) is 0 Å². The van der Waals surface area contributed by atoms with E-state index >= 15 is 0 Å². The van der Waals surface area contributed by atoms with Crippen LogP contribution < -0.4 is 0 Å². The summed E-state index contributed by atoms with van der Waals surface area (Å²) in [7, 11) is 0. The Labute approximate surface area is 300 Å². The van der Waals surface area contributed by atoms with Gasteiger partial charge < -0.3 is 18.8 Å². The minimum atomic E-state index is -0.646. The molecule has 0 atom stereocenters. The van der Waals surface area contributed by atoms with Gasteiger partial charge in [-0.2, -0.15) is 0 Å². The molecule has 1 N–H and O–H groups in total. The van der Waals surface area contributed by atoms with Crippen LogP contribution in [-0.4, -0.2) is 48.7 Å². The summed E-state index contributed by atoms with van der Waals surface area (Å²) >= 11 is 5.11. The summed E-state index contributed by atoms with van der Waals surface area (Å²) in [6, 6.07) is 20.2. The van der Waals surface area contributed by atoms with Gasteiger partial charge in [0.05, 0.1) is 48.3 Å². The molecule has 10 nitrogen and oxygen atoms in total. The molecule has 0 radical (unpaired) electrons. The molecule has 50 heavy (non-hydrogen) atoms. The molecule has 0 saturated carbocycles. The number of hydrogen-bond acceptors (Lipinski definition) is 8. The summed E-state index contributed by atoms with van der Waals surface area (Å²) in [6.07, 6.45) is 21.8. The van der Waals surface area contributed by atoms with Crippen molar-refractivity contribution < 1.29 is 9.50 Å². The quantitative estimate of drug-likeness (QED) is 0.157. The molecule has 250 valence electrons. The van der Waals surface area contributed by atoms with Crippen LogP contribution in [0.5, 0.6) is 5.75 Å². The monoisotopic (exact) mass is 747 g/mol. The van der Waals surface area contributed by atoms with E-state index in [9.17, 15) is 9.50 Å². The van der Waals surface area contributed by atoms with Crippen molar-refractivity contribution >= 4 is 27.3 Å². The van der Waals surface area contributed by atoms with E-state index in [1.54, 1.807) is 61.0 Å². The van der Waals surface area contributed by atoms with E-state index in [0.717, 1.165) is 34.5 Å². The highest BCUT2D eigenvalue weighted by atomic mass is 79.9. The lowest BCUT2D eigenvalue weighted by atomic mass is 10.1. The highest BCUT2D eigenvalue weighted by Gasteiger charge is 2.08. The number of aromatic nitrogens is 9. The fraction of sp³-hybridized carbons (Fsp3) is 0.0811. The van der Waals surface area contributed by atoms with Crippen molar-refractivity contribution in [3.8, 4) is 27.6 Å². The van der Waals surface area contributed by atoms with Crippen LogP contribution in [0.15, 0.2) is 151 Å². The fourth-order valence-electron chi connectivity index (χ4n) is 4.84. The van der Waals surface area contributed by atoms with E-state index < -0.39 is 5.82 Å². The Balaban J connectivity index is 0.000000133. The third kappa shape index (κ3) is 9.43. The van der Waals surface area contributed by atoms with Crippen LogP contribution in [0, 0.1) is 5.82 Å². The Kier molecular flexibility index (Phi) is 11.6. The van der Waals surface area contributed by atoms with E-state index in [2.05, 4.69) is 69.4 Å². The average molecular weight is 749 g/mol. The van der Waals surface area contributed by atoms with E-state index in [-0.39, 0.29) is 5.75 Å². The number of benzene rings is 1. The normalized spacial score (nSPS) is 10.5. The van der Waals surface area contributed by atoms with Gasteiger partial charge >= 0.3 is 0 Å². The van der Waals surface area contributed by atoms with Crippen LogP contribution in [0.4, 0.5) is 4.39 Å². The minimum Gasteiger partial charge on any atom is -0.505 e. The maximum atomic E-state index is 13.3. The summed E-state index contributed by atoms with van der Waals surface area (Å²) in [5.74, 6) is -1.00. The number of thiophene rings is 1. The number of phenolic OH excluding ortho intramolecular Hbond substituents is 1. The average Bonchev–Trinajstić information content (AvgIpc) is 3.99.